The lowest BCUT2D eigenvalue weighted by molar-refractivity contribution is -0.174. The van der Waals surface area contributed by atoms with Crippen LogP contribution in [0.25, 0.3) is 5.57 Å². The summed E-state index contributed by atoms with van der Waals surface area (Å²) >= 11 is 6.27. The molecule has 4 fully saturated rings. The molecule has 0 spiro atoms. The van der Waals surface area contributed by atoms with Crippen LogP contribution < -0.4 is 35.5 Å². The molecule has 0 bridgehead atoms. The number of carbonyl (C=O) groups excluding carboxylic acids is 2. The van der Waals surface area contributed by atoms with Crippen molar-refractivity contribution in [1.29, 1.82) is 5.26 Å². The minimum Gasteiger partial charge on any atom is -0.489 e. The number of benzene rings is 3. The second-order valence-electron chi connectivity index (χ2n) is 19.4. The fourth-order valence-corrected chi connectivity index (χ4v) is 11.6. The number of anilines is 1. The first kappa shape index (κ1) is 47.8. The first-order chi connectivity index (χ1) is 31.5. The summed E-state index contributed by atoms with van der Waals surface area (Å²) in [6.45, 7) is 14.3. The Morgan fingerprint density at radius 2 is 1.65 bits per heavy atom. The van der Waals surface area contributed by atoms with Crippen LogP contribution in [0.4, 0.5) is 5.69 Å². The second kappa shape index (κ2) is 19.5. The fourth-order valence-electron chi connectivity index (χ4n) is 10.8. The van der Waals surface area contributed by atoms with E-state index in [2.05, 4.69) is 64.7 Å². The number of halogens is 1. The van der Waals surface area contributed by atoms with Crippen molar-refractivity contribution >= 4 is 44.7 Å². The number of hydrogen-bond acceptors (Lipinski definition) is 12. The van der Waals surface area contributed by atoms with Gasteiger partial charge in [-0.05, 0) is 92.8 Å². The molecular weight excluding hydrogens is 880 g/mol. The summed E-state index contributed by atoms with van der Waals surface area (Å²) in [6, 6.07) is 20.0. The van der Waals surface area contributed by atoms with Gasteiger partial charge in [0.15, 0.2) is 0 Å². The zero-order valence-electron chi connectivity index (χ0n) is 38.7. The summed E-state index contributed by atoms with van der Waals surface area (Å²) in [5.41, 5.74) is 2.97. The van der Waals surface area contributed by atoms with Gasteiger partial charge in [-0.15, -0.1) is 0 Å². The Balaban J connectivity index is 0.777. The average molecular weight is 944 g/mol. The number of rotatable bonds is 15. The van der Waals surface area contributed by atoms with Crippen molar-refractivity contribution in [2.24, 2.45) is 22.7 Å². The molecule has 3 aromatic carbocycles. The highest BCUT2D eigenvalue weighted by Gasteiger charge is 2.64. The van der Waals surface area contributed by atoms with E-state index in [0.29, 0.717) is 59.8 Å². The predicted octanol–water partition coefficient (Wildman–Crippen LogP) is 5.67. The third-order valence-electron chi connectivity index (χ3n) is 14.2. The number of ether oxygens (including phenoxy) is 3. The Kier molecular flexibility index (Phi) is 14.1. The Bertz CT molecular complexity index is 2450. The number of carbonyl (C=O) groups is 2. The molecule has 8 rings (SSSR count). The van der Waals surface area contributed by atoms with Gasteiger partial charge in [0.2, 0.25) is 21.8 Å². The second-order valence-corrected chi connectivity index (χ2v) is 21.8. The first-order valence-corrected chi connectivity index (χ1v) is 25.1. The molecule has 17 heteroatoms. The summed E-state index contributed by atoms with van der Waals surface area (Å²) in [7, 11) is -1.76. The van der Waals surface area contributed by atoms with Crippen LogP contribution in [-0.2, 0) is 30.8 Å². The molecule has 2 atom stereocenters. The predicted molar refractivity (Wildman–Crippen MR) is 254 cm³/mol. The monoisotopic (exact) mass is 942 g/mol. The van der Waals surface area contributed by atoms with E-state index in [4.69, 9.17) is 25.8 Å². The van der Waals surface area contributed by atoms with Crippen molar-refractivity contribution in [1.82, 2.24) is 31.1 Å². The Morgan fingerprint density at radius 3 is 2.32 bits per heavy atom. The highest BCUT2D eigenvalue weighted by atomic mass is 35.5. The molecular formula is C49H63ClN8O7S. The largest absolute Gasteiger partial charge is 0.489 e. The Labute approximate surface area is 394 Å². The Morgan fingerprint density at radius 1 is 0.955 bits per heavy atom. The molecule has 2 unspecified atom stereocenters. The maximum Gasteiger partial charge on any atom is 0.244 e. The number of sulfonamides is 1. The number of piperidine rings is 1. The third kappa shape index (κ3) is 10.1. The molecule has 0 aromatic heterocycles. The standard InChI is InChI=1S/C49H63ClN8O7S/c1-7-66(61,62)56-33-11-15-41(38(24-33)39-29-57(6)44(60)42-37(39)16-20-52-42)64-35-12-8-30(9-13-35)19-23-63-34-17-21-58(22-18-34)47-53-27-32(28-54-47)43(59)55-45-48(2,3)46(49(45,4)5)65-36-14-10-31(26-51)40(50)25-36/h8-15,24-25,29,32,34,37,42,45-47,52-54,56H,7,16-23,27-28H2,1-6H3,(H,55,59). The SMILES string of the molecule is CCS(=O)(=O)Nc1ccc(Oc2ccc(CCOC3CCN(C4NCC(C(=O)NC5C(C)(C)C(Oc6ccc(C#N)c(Cl)c6)C5(C)C)CN4)CC3)cc2)c(C2=CN(C)C(=O)C3NCCC23)c1. The number of likely N-dealkylation sites (N-methyl/N-ethyl adjacent to an activating group) is 1. The number of amides is 2. The normalized spacial score (nSPS) is 26.4. The van der Waals surface area contributed by atoms with E-state index < -0.39 is 10.0 Å². The minimum absolute atomic E-state index is 0.00575. The number of fused-ring (bicyclic) bond motifs is 1. The van der Waals surface area contributed by atoms with E-state index in [1.807, 2.05) is 30.5 Å². The van der Waals surface area contributed by atoms with Gasteiger partial charge in [0.05, 0.1) is 41.0 Å². The molecule has 66 heavy (non-hydrogen) atoms. The van der Waals surface area contributed by atoms with Crippen molar-refractivity contribution in [3.8, 4) is 23.3 Å². The summed E-state index contributed by atoms with van der Waals surface area (Å²) in [6.07, 6.45) is 5.21. The highest BCUT2D eigenvalue weighted by molar-refractivity contribution is 7.92. The van der Waals surface area contributed by atoms with Crippen molar-refractivity contribution in [2.45, 2.75) is 90.9 Å². The van der Waals surface area contributed by atoms with Crippen molar-refractivity contribution < 1.29 is 32.2 Å². The van der Waals surface area contributed by atoms with Crippen LogP contribution in [0.15, 0.2) is 66.9 Å². The molecule has 5 N–H and O–H groups in total. The molecule has 4 aliphatic heterocycles. The quantitative estimate of drug-likeness (QED) is 0.126. The van der Waals surface area contributed by atoms with E-state index in [1.165, 1.54) is 0 Å². The van der Waals surface area contributed by atoms with Gasteiger partial charge in [0.25, 0.3) is 0 Å². The lowest BCUT2D eigenvalue weighted by Crippen LogP contribution is -2.75. The molecule has 5 aliphatic rings. The van der Waals surface area contributed by atoms with Gasteiger partial charge in [-0.2, -0.15) is 5.26 Å². The summed E-state index contributed by atoms with van der Waals surface area (Å²) in [5, 5.41) is 23.4. The van der Waals surface area contributed by atoms with Crippen molar-refractivity contribution in [2.75, 3.05) is 56.9 Å². The summed E-state index contributed by atoms with van der Waals surface area (Å²) in [4.78, 5) is 30.5. The van der Waals surface area contributed by atoms with Gasteiger partial charge >= 0.3 is 0 Å². The van der Waals surface area contributed by atoms with Crippen LogP contribution in [0.5, 0.6) is 17.2 Å². The number of likely N-dealkylation sites (tertiary alicyclic amines) is 1. The molecule has 2 amide bonds. The van der Waals surface area contributed by atoms with Gasteiger partial charge in [0.1, 0.15) is 35.7 Å². The fraction of sp³-hybridized carbons (Fsp3) is 0.531. The third-order valence-corrected chi connectivity index (χ3v) is 15.8. The molecule has 15 nitrogen and oxygen atoms in total. The maximum atomic E-state index is 13.6. The Hall–Kier alpha value is -4.73. The van der Waals surface area contributed by atoms with E-state index in [9.17, 15) is 23.3 Å². The van der Waals surface area contributed by atoms with E-state index in [1.54, 1.807) is 55.3 Å². The van der Waals surface area contributed by atoms with Crippen LogP contribution in [-0.4, -0.2) is 113 Å². The molecule has 4 heterocycles. The van der Waals surface area contributed by atoms with E-state index in [0.717, 1.165) is 55.5 Å². The molecule has 1 saturated carbocycles. The van der Waals surface area contributed by atoms with Gasteiger partial charge in [-0.3, -0.25) is 29.8 Å². The van der Waals surface area contributed by atoms with Gasteiger partial charge in [-0.1, -0.05) is 51.4 Å². The lowest BCUT2D eigenvalue weighted by Gasteiger charge is -2.63. The number of nitrogens with one attached hydrogen (secondary N) is 5. The van der Waals surface area contributed by atoms with Gasteiger partial charge < -0.3 is 29.7 Å². The smallest absolute Gasteiger partial charge is 0.244 e. The number of nitrogens with zero attached hydrogens (tertiary/aromatic N) is 3. The maximum absolute atomic E-state index is 13.6. The topological polar surface area (TPSA) is 186 Å². The van der Waals surface area contributed by atoms with Crippen LogP contribution >= 0.6 is 11.6 Å². The lowest BCUT2D eigenvalue weighted by atomic mass is 9.49. The average Bonchev–Trinajstić information content (AvgIpc) is 3.80. The molecule has 354 valence electrons. The highest BCUT2D eigenvalue weighted by Crippen LogP contribution is 2.55. The zero-order valence-corrected chi connectivity index (χ0v) is 40.2. The summed E-state index contributed by atoms with van der Waals surface area (Å²) < 4.78 is 46.8. The van der Waals surface area contributed by atoms with Gasteiger partial charge in [0, 0.05) is 79.5 Å². The van der Waals surface area contributed by atoms with Crippen LogP contribution in [0, 0.1) is 34.0 Å². The first-order valence-electron chi connectivity index (χ1n) is 23.1. The van der Waals surface area contributed by atoms with Crippen LogP contribution in [0.3, 0.4) is 0 Å². The van der Waals surface area contributed by atoms with Crippen molar-refractivity contribution in [3.63, 3.8) is 0 Å². The van der Waals surface area contributed by atoms with E-state index in [-0.39, 0.29) is 70.8 Å². The number of nitriles is 1. The van der Waals surface area contributed by atoms with Crippen LogP contribution in [0.1, 0.15) is 70.6 Å². The van der Waals surface area contributed by atoms with E-state index >= 15 is 0 Å². The minimum atomic E-state index is -3.50. The summed E-state index contributed by atoms with van der Waals surface area (Å²) in [5.74, 6) is 1.55. The van der Waals surface area contributed by atoms with Gasteiger partial charge in [-0.25, -0.2) is 8.42 Å². The zero-order chi connectivity index (χ0) is 47.0. The molecule has 3 saturated heterocycles. The molecule has 1 aliphatic carbocycles. The molecule has 3 aromatic rings. The van der Waals surface area contributed by atoms with Crippen molar-refractivity contribution in [3.05, 3.63) is 88.6 Å². The molecule has 0 radical (unpaired) electrons. The number of hydrogen-bond donors (Lipinski definition) is 5. The van der Waals surface area contributed by atoms with Crippen LogP contribution in [0.2, 0.25) is 5.02 Å².